The van der Waals surface area contributed by atoms with Gasteiger partial charge in [-0.25, -0.2) is 13.8 Å². The number of carbonyl (C=O) groups is 1. The molecule has 0 aliphatic heterocycles. The second-order valence-corrected chi connectivity index (χ2v) is 6.28. The van der Waals surface area contributed by atoms with Gasteiger partial charge in [-0.05, 0) is 47.7 Å². The Morgan fingerprint density at radius 2 is 2.12 bits per heavy atom. The number of nitrogens with one attached hydrogen (secondary N) is 1. The molecule has 6 heteroatoms. The van der Waals surface area contributed by atoms with E-state index in [4.69, 9.17) is 0 Å². The summed E-state index contributed by atoms with van der Waals surface area (Å²) in [5.41, 5.74) is 3.02. The van der Waals surface area contributed by atoms with Crippen LogP contribution < -0.4 is 5.32 Å². The molecule has 4 rings (SSSR count). The molecule has 2 atom stereocenters. The van der Waals surface area contributed by atoms with Crippen LogP contribution in [0.15, 0.2) is 42.7 Å². The predicted octanol–water partition coefficient (Wildman–Crippen LogP) is 4.00. The van der Waals surface area contributed by atoms with Crippen molar-refractivity contribution in [1.29, 1.82) is 0 Å². The number of hydrogen-bond donors (Lipinski definition) is 1. The fourth-order valence-electron chi connectivity index (χ4n) is 3.05. The van der Waals surface area contributed by atoms with E-state index >= 15 is 0 Å². The Morgan fingerprint density at radius 3 is 2.84 bits per heavy atom. The number of benzene rings is 1. The average molecular weight is 341 g/mol. The Balaban J connectivity index is 1.67. The monoisotopic (exact) mass is 341 g/mol. The second-order valence-electron chi connectivity index (χ2n) is 6.28. The summed E-state index contributed by atoms with van der Waals surface area (Å²) in [6.45, 7) is 1.92. The third kappa shape index (κ3) is 2.88. The molecule has 0 bridgehead atoms. The van der Waals surface area contributed by atoms with Crippen LogP contribution in [0.25, 0.3) is 16.8 Å². The maximum absolute atomic E-state index is 14.0. The first-order chi connectivity index (χ1) is 12.1. The minimum atomic E-state index is -1.04. The van der Waals surface area contributed by atoms with Crippen LogP contribution in [0, 0.1) is 11.7 Å². The lowest BCUT2D eigenvalue weighted by Gasteiger charge is -2.09. The first kappa shape index (κ1) is 15.7. The smallest absolute Gasteiger partial charge is 0.231 e. The molecule has 1 saturated carbocycles. The highest BCUT2D eigenvalue weighted by Gasteiger charge is 2.43. The number of anilines is 1. The zero-order valence-electron chi connectivity index (χ0n) is 13.7. The Kier molecular flexibility index (Phi) is 3.75. The molecule has 4 nitrogen and oxygen atoms in total. The molecule has 25 heavy (non-hydrogen) atoms. The van der Waals surface area contributed by atoms with Crippen molar-refractivity contribution in [2.75, 3.05) is 5.32 Å². The van der Waals surface area contributed by atoms with E-state index in [-0.39, 0.29) is 18.1 Å². The van der Waals surface area contributed by atoms with Gasteiger partial charge in [0, 0.05) is 6.20 Å². The fourth-order valence-corrected chi connectivity index (χ4v) is 3.05. The number of halogens is 2. The molecule has 2 unspecified atom stereocenters. The SMILES string of the molecule is CCc1c(F)cccc1-c1ccc2nc(NC(=O)C3CC3F)cn2c1. The normalized spacial score (nSPS) is 19.2. The van der Waals surface area contributed by atoms with E-state index in [0.29, 0.717) is 23.4 Å². The van der Waals surface area contributed by atoms with Crippen molar-refractivity contribution < 1.29 is 13.6 Å². The van der Waals surface area contributed by atoms with Gasteiger partial charge in [0.2, 0.25) is 5.91 Å². The molecule has 0 radical (unpaired) electrons. The molecule has 1 fully saturated rings. The van der Waals surface area contributed by atoms with Gasteiger partial charge in [-0.2, -0.15) is 0 Å². The summed E-state index contributed by atoms with van der Waals surface area (Å²) in [5, 5.41) is 2.64. The van der Waals surface area contributed by atoms with Gasteiger partial charge in [0.1, 0.15) is 17.6 Å². The third-order valence-corrected chi connectivity index (χ3v) is 4.54. The quantitative estimate of drug-likeness (QED) is 0.780. The van der Waals surface area contributed by atoms with Crippen LogP contribution in [-0.2, 0) is 11.2 Å². The molecule has 1 N–H and O–H groups in total. The van der Waals surface area contributed by atoms with Gasteiger partial charge in [0.15, 0.2) is 5.82 Å². The number of alkyl halides is 1. The largest absolute Gasteiger partial charge is 0.309 e. The highest BCUT2D eigenvalue weighted by Crippen LogP contribution is 2.34. The number of fused-ring (bicyclic) bond motifs is 1. The van der Waals surface area contributed by atoms with Gasteiger partial charge in [0.05, 0.1) is 12.1 Å². The van der Waals surface area contributed by atoms with Crippen molar-refractivity contribution in [2.24, 2.45) is 5.92 Å². The minimum Gasteiger partial charge on any atom is -0.309 e. The van der Waals surface area contributed by atoms with E-state index in [1.165, 1.54) is 6.07 Å². The number of pyridine rings is 1. The van der Waals surface area contributed by atoms with Crippen molar-refractivity contribution in [1.82, 2.24) is 9.38 Å². The molecule has 0 saturated heterocycles. The zero-order chi connectivity index (χ0) is 17.6. The van der Waals surface area contributed by atoms with E-state index in [1.54, 1.807) is 16.7 Å². The number of nitrogens with zero attached hydrogens (tertiary/aromatic N) is 2. The Hall–Kier alpha value is -2.76. The van der Waals surface area contributed by atoms with Crippen LogP contribution >= 0.6 is 0 Å². The van der Waals surface area contributed by atoms with Gasteiger partial charge >= 0.3 is 0 Å². The van der Waals surface area contributed by atoms with E-state index in [2.05, 4.69) is 10.3 Å². The van der Waals surface area contributed by atoms with E-state index in [9.17, 15) is 13.6 Å². The highest BCUT2D eigenvalue weighted by molar-refractivity contribution is 5.94. The molecule has 2 aromatic heterocycles. The number of amides is 1. The van der Waals surface area contributed by atoms with E-state index in [1.807, 2.05) is 31.3 Å². The summed E-state index contributed by atoms with van der Waals surface area (Å²) in [4.78, 5) is 16.1. The first-order valence-electron chi connectivity index (χ1n) is 8.28. The molecule has 1 aromatic carbocycles. The fraction of sp³-hybridized carbons (Fsp3) is 0.263. The van der Waals surface area contributed by atoms with E-state index in [0.717, 1.165) is 11.1 Å². The lowest BCUT2D eigenvalue weighted by molar-refractivity contribution is -0.117. The third-order valence-electron chi connectivity index (χ3n) is 4.54. The number of hydrogen-bond acceptors (Lipinski definition) is 2. The van der Waals surface area contributed by atoms with Crippen LogP contribution in [0.2, 0.25) is 0 Å². The van der Waals surface area contributed by atoms with Gasteiger partial charge in [-0.1, -0.05) is 19.1 Å². The van der Waals surface area contributed by atoms with Gasteiger partial charge in [-0.3, -0.25) is 4.79 Å². The molecular formula is C19H17F2N3O. The summed E-state index contributed by atoms with van der Waals surface area (Å²) >= 11 is 0. The number of rotatable bonds is 4. The molecule has 2 heterocycles. The Labute approximate surface area is 143 Å². The first-order valence-corrected chi connectivity index (χ1v) is 8.28. The van der Waals surface area contributed by atoms with Crippen molar-refractivity contribution in [3.05, 3.63) is 54.1 Å². The predicted molar refractivity (Wildman–Crippen MR) is 91.6 cm³/mol. The molecule has 3 aromatic rings. The van der Waals surface area contributed by atoms with Crippen LogP contribution in [0.5, 0.6) is 0 Å². The molecule has 1 amide bonds. The standard InChI is InChI=1S/C19H17F2N3O/c1-2-12-13(4-3-5-15(12)20)11-6-7-18-22-17(10-24(18)9-11)23-19(25)14-8-16(14)21/h3-7,9-10,14,16H,2,8H2,1H3,(H,23,25). The number of imidazole rings is 1. The number of carbonyl (C=O) groups excluding carboxylic acids is 1. The highest BCUT2D eigenvalue weighted by atomic mass is 19.1. The Bertz CT molecular complexity index is 966. The van der Waals surface area contributed by atoms with Crippen molar-refractivity contribution in [3.8, 4) is 11.1 Å². The number of aromatic nitrogens is 2. The van der Waals surface area contributed by atoms with Crippen molar-refractivity contribution in [3.63, 3.8) is 0 Å². The summed E-state index contributed by atoms with van der Waals surface area (Å²) in [6, 6.07) is 8.72. The zero-order valence-corrected chi connectivity index (χ0v) is 13.7. The summed E-state index contributed by atoms with van der Waals surface area (Å²) < 4.78 is 28.7. The summed E-state index contributed by atoms with van der Waals surface area (Å²) in [5.74, 6) is -0.727. The average Bonchev–Trinajstić information content (AvgIpc) is 3.19. The van der Waals surface area contributed by atoms with Gasteiger partial charge in [0.25, 0.3) is 0 Å². The van der Waals surface area contributed by atoms with Crippen LogP contribution in [-0.4, -0.2) is 21.5 Å². The van der Waals surface area contributed by atoms with Crippen LogP contribution in [0.4, 0.5) is 14.6 Å². The van der Waals surface area contributed by atoms with Crippen molar-refractivity contribution >= 4 is 17.4 Å². The van der Waals surface area contributed by atoms with Gasteiger partial charge < -0.3 is 9.72 Å². The maximum atomic E-state index is 14.0. The van der Waals surface area contributed by atoms with Crippen molar-refractivity contribution in [2.45, 2.75) is 25.9 Å². The maximum Gasteiger partial charge on any atom is 0.231 e. The lowest BCUT2D eigenvalue weighted by atomic mass is 9.99. The molecule has 1 aliphatic rings. The lowest BCUT2D eigenvalue weighted by Crippen LogP contribution is -2.15. The Morgan fingerprint density at radius 1 is 1.32 bits per heavy atom. The van der Waals surface area contributed by atoms with Crippen LogP contribution in [0.3, 0.4) is 0 Å². The summed E-state index contributed by atoms with van der Waals surface area (Å²) in [7, 11) is 0. The second kappa shape index (κ2) is 5.95. The molecular weight excluding hydrogens is 324 g/mol. The molecule has 128 valence electrons. The van der Waals surface area contributed by atoms with E-state index < -0.39 is 12.1 Å². The van der Waals surface area contributed by atoms with Gasteiger partial charge in [-0.15, -0.1) is 0 Å². The summed E-state index contributed by atoms with van der Waals surface area (Å²) in [6.07, 6.45) is 3.36. The molecule has 0 spiro atoms. The molecule has 1 aliphatic carbocycles. The van der Waals surface area contributed by atoms with Crippen LogP contribution in [0.1, 0.15) is 18.9 Å². The topological polar surface area (TPSA) is 46.4 Å². The minimum absolute atomic E-state index is 0.219.